The van der Waals surface area contributed by atoms with Crippen LogP contribution in [0, 0.1) is 5.82 Å². The van der Waals surface area contributed by atoms with Gasteiger partial charge in [-0.15, -0.1) is 24.8 Å². The van der Waals surface area contributed by atoms with Crippen LogP contribution in [0.3, 0.4) is 0 Å². The molecule has 1 atom stereocenters. The van der Waals surface area contributed by atoms with Crippen molar-refractivity contribution in [2.45, 2.75) is 38.1 Å². The zero-order valence-electron chi connectivity index (χ0n) is 13.0. The lowest BCUT2D eigenvalue weighted by molar-refractivity contribution is 0.141. The molecule has 4 nitrogen and oxygen atoms in total. The molecular weight excluding hydrogens is 340 g/mol. The summed E-state index contributed by atoms with van der Waals surface area (Å²) in [6.45, 7) is 2.87. The molecule has 1 aliphatic rings. The Kier molecular flexibility index (Phi) is 8.26. The normalized spacial score (nSPS) is 18.4. The Hall–Kier alpha value is -0.880. The molecule has 1 fully saturated rings. The molecule has 1 aliphatic heterocycles. The largest absolute Gasteiger partial charge is 0.356 e. The third kappa shape index (κ3) is 4.57. The minimum Gasteiger partial charge on any atom is -0.356 e. The van der Waals surface area contributed by atoms with E-state index in [0.29, 0.717) is 5.58 Å². The number of hydrogen-bond acceptors (Lipinski definition) is 4. The molecule has 0 saturated carbocycles. The molecule has 2 heterocycles. The molecule has 0 bridgehead atoms. The zero-order valence-corrected chi connectivity index (χ0v) is 14.7. The summed E-state index contributed by atoms with van der Waals surface area (Å²) in [7, 11) is 0. The van der Waals surface area contributed by atoms with Crippen LogP contribution < -0.4 is 5.73 Å². The van der Waals surface area contributed by atoms with Gasteiger partial charge in [0.05, 0.1) is 6.04 Å². The standard InChI is InChI=1S/C16H22FN3O.2ClH/c17-12-6-7-13-15(11-12)21-19-16(13)14-5-1-3-9-20(14)10-4-2-8-18;;/h6-7,11,14H,1-5,8-10,18H2;2*1H. The first-order valence-corrected chi connectivity index (χ1v) is 7.78. The van der Waals surface area contributed by atoms with Crippen molar-refractivity contribution in [3.63, 3.8) is 0 Å². The van der Waals surface area contributed by atoms with E-state index in [1.54, 1.807) is 6.07 Å². The number of nitrogens with two attached hydrogens (primary N) is 1. The first-order valence-electron chi connectivity index (χ1n) is 7.78. The van der Waals surface area contributed by atoms with Crippen LogP contribution in [0.4, 0.5) is 4.39 Å². The fourth-order valence-electron chi connectivity index (χ4n) is 3.20. The summed E-state index contributed by atoms with van der Waals surface area (Å²) in [4.78, 5) is 2.47. The van der Waals surface area contributed by atoms with E-state index in [2.05, 4.69) is 10.1 Å². The Bertz CT molecular complexity index is 608. The Labute approximate surface area is 148 Å². The maximum Gasteiger partial charge on any atom is 0.170 e. The summed E-state index contributed by atoms with van der Waals surface area (Å²) in [6, 6.07) is 4.95. The highest BCUT2D eigenvalue weighted by Gasteiger charge is 2.27. The van der Waals surface area contributed by atoms with Gasteiger partial charge < -0.3 is 10.3 Å². The number of likely N-dealkylation sites (tertiary alicyclic amines) is 1. The topological polar surface area (TPSA) is 55.3 Å². The monoisotopic (exact) mass is 363 g/mol. The van der Waals surface area contributed by atoms with Crippen LogP contribution in [-0.4, -0.2) is 29.7 Å². The highest BCUT2D eigenvalue weighted by Crippen LogP contribution is 2.34. The van der Waals surface area contributed by atoms with E-state index >= 15 is 0 Å². The van der Waals surface area contributed by atoms with Crippen LogP contribution in [0.1, 0.15) is 43.8 Å². The molecule has 7 heteroatoms. The number of aromatic nitrogens is 1. The Morgan fingerprint density at radius 1 is 1.26 bits per heavy atom. The van der Waals surface area contributed by atoms with Crippen LogP contribution in [0.25, 0.3) is 11.0 Å². The lowest BCUT2D eigenvalue weighted by Gasteiger charge is -2.34. The van der Waals surface area contributed by atoms with Gasteiger partial charge in [-0.25, -0.2) is 4.39 Å². The van der Waals surface area contributed by atoms with Gasteiger partial charge in [0.25, 0.3) is 0 Å². The number of fused-ring (bicyclic) bond motifs is 1. The molecule has 1 unspecified atom stereocenters. The predicted molar refractivity (Wildman–Crippen MR) is 94.9 cm³/mol. The van der Waals surface area contributed by atoms with Crippen molar-refractivity contribution in [3.05, 3.63) is 29.7 Å². The average molecular weight is 364 g/mol. The average Bonchev–Trinajstić information content (AvgIpc) is 2.91. The maximum absolute atomic E-state index is 13.3. The second-order valence-corrected chi connectivity index (χ2v) is 5.75. The van der Waals surface area contributed by atoms with Crippen LogP contribution in [0.5, 0.6) is 0 Å². The summed E-state index contributed by atoms with van der Waals surface area (Å²) in [6.07, 6.45) is 5.67. The van der Waals surface area contributed by atoms with E-state index < -0.39 is 0 Å². The number of rotatable bonds is 5. The van der Waals surface area contributed by atoms with E-state index in [1.807, 2.05) is 0 Å². The fraction of sp³-hybridized carbons (Fsp3) is 0.562. The number of benzene rings is 1. The Balaban J connectivity index is 0.00000132. The molecule has 130 valence electrons. The van der Waals surface area contributed by atoms with Gasteiger partial charge in [0, 0.05) is 11.5 Å². The molecule has 23 heavy (non-hydrogen) atoms. The van der Waals surface area contributed by atoms with Crippen molar-refractivity contribution < 1.29 is 8.91 Å². The van der Waals surface area contributed by atoms with Crippen LogP contribution in [-0.2, 0) is 0 Å². The number of piperidine rings is 1. The van der Waals surface area contributed by atoms with Crippen molar-refractivity contribution in [1.29, 1.82) is 0 Å². The van der Waals surface area contributed by atoms with Crippen molar-refractivity contribution in [3.8, 4) is 0 Å². The second kappa shape index (κ2) is 9.42. The first kappa shape index (κ1) is 20.2. The number of halogens is 3. The van der Waals surface area contributed by atoms with Crippen molar-refractivity contribution in [2.24, 2.45) is 5.73 Å². The number of unbranched alkanes of at least 4 members (excludes halogenated alkanes) is 1. The van der Waals surface area contributed by atoms with Crippen LogP contribution in [0.2, 0.25) is 0 Å². The summed E-state index contributed by atoms with van der Waals surface area (Å²) < 4.78 is 18.6. The van der Waals surface area contributed by atoms with Gasteiger partial charge in [0.15, 0.2) is 5.58 Å². The van der Waals surface area contributed by atoms with Crippen molar-refractivity contribution in [2.75, 3.05) is 19.6 Å². The molecule has 2 aromatic rings. The minimum atomic E-state index is -0.284. The van der Waals surface area contributed by atoms with Gasteiger partial charge in [-0.3, -0.25) is 4.90 Å². The Morgan fingerprint density at radius 3 is 2.87 bits per heavy atom. The SMILES string of the molecule is Cl.Cl.NCCCCN1CCCCC1c1noc2cc(F)ccc12. The zero-order chi connectivity index (χ0) is 14.7. The van der Waals surface area contributed by atoms with E-state index in [-0.39, 0.29) is 36.7 Å². The molecule has 2 N–H and O–H groups in total. The highest BCUT2D eigenvalue weighted by atomic mass is 35.5. The molecule has 3 rings (SSSR count). The van der Waals surface area contributed by atoms with E-state index in [0.717, 1.165) is 50.0 Å². The first-order chi connectivity index (χ1) is 10.3. The van der Waals surface area contributed by atoms with Crippen LogP contribution >= 0.6 is 24.8 Å². The van der Waals surface area contributed by atoms with Gasteiger partial charge in [0.2, 0.25) is 0 Å². The molecule has 0 aliphatic carbocycles. The van der Waals surface area contributed by atoms with Gasteiger partial charge in [-0.1, -0.05) is 11.6 Å². The molecule has 0 radical (unpaired) electrons. The summed E-state index contributed by atoms with van der Waals surface area (Å²) in [5, 5.41) is 5.17. The summed E-state index contributed by atoms with van der Waals surface area (Å²) >= 11 is 0. The third-order valence-corrected chi connectivity index (χ3v) is 4.29. The number of nitrogens with zero attached hydrogens (tertiary/aromatic N) is 2. The molecular formula is C16H24Cl2FN3O. The highest BCUT2D eigenvalue weighted by molar-refractivity contribution is 5.85. The van der Waals surface area contributed by atoms with E-state index in [9.17, 15) is 4.39 Å². The predicted octanol–water partition coefficient (Wildman–Crippen LogP) is 4.08. The second-order valence-electron chi connectivity index (χ2n) is 5.75. The molecule has 1 aromatic carbocycles. The fourth-order valence-corrected chi connectivity index (χ4v) is 3.20. The Morgan fingerprint density at radius 2 is 2.09 bits per heavy atom. The van der Waals surface area contributed by atoms with Crippen molar-refractivity contribution in [1.82, 2.24) is 10.1 Å². The molecule has 1 aromatic heterocycles. The molecule has 0 spiro atoms. The van der Waals surface area contributed by atoms with Gasteiger partial charge in [-0.2, -0.15) is 0 Å². The quantitative estimate of drug-likeness (QED) is 0.813. The lowest BCUT2D eigenvalue weighted by Crippen LogP contribution is -2.34. The smallest absolute Gasteiger partial charge is 0.170 e. The summed E-state index contributed by atoms with van der Waals surface area (Å²) in [5.41, 5.74) is 7.08. The van der Waals surface area contributed by atoms with Gasteiger partial charge >= 0.3 is 0 Å². The number of hydrogen-bond donors (Lipinski definition) is 1. The minimum absolute atomic E-state index is 0. The van der Waals surface area contributed by atoms with E-state index in [4.69, 9.17) is 10.3 Å². The van der Waals surface area contributed by atoms with E-state index in [1.165, 1.54) is 25.0 Å². The maximum atomic E-state index is 13.3. The van der Waals surface area contributed by atoms with Gasteiger partial charge in [-0.05, 0) is 57.5 Å². The third-order valence-electron chi connectivity index (χ3n) is 4.29. The van der Waals surface area contributed by atoms with Gasteiger partial charge in [0.1, 0.15) is 11.5 Å². The van der Waals surface area contributed by atoms with Crippen molar-refractivity contribution >= 4 is 35.8 Å². The van der Waals surface area contributed by atoms with Crippen LogP contribution in [0.15, 0.2) is 22.7 Å². The molecule has 0 amide bonds. The summed E-state index contributed by atoms with van der Waals surface area (Å²) in [5.74, 6) is -0.284. The lowest BCUT2D eigenvalue weighted by atomic mass is 9.97. The molecule has 1 saturated heterocycles.